The molecule has 1 aliphatic rings. The number of fused-ring (bicyclic) bond motifs is 2. The van der Waals surface area contributed by atoms with E-state index in [2.05, 4.69) is 23.2 Å². The molecule has 24 heavy (non-hydrogen) atoms. The van der Waals surface area contributed by atoms with Crippen molar-refractivity contribution in [3.05, 3.63) is 46.1 Å². The number of hydrogen-bond donors (Lipinski definition) is 1. The molecule has 1 N–H and O–H groups in total. The normalized spacial score (nSPS) is 14.0. The molecule has 5 heteroatoms. The number of hydrogen-bond acceptors (Lipinski definition) is 3. The molecule has 0 spiro atoms. The molecule has 0 aliphatic heterocycles. The van der Waals surface area contributed by atoms with Gasteiger partial charge in [-0.25, -0.2) is 9.78 Å². The number of rotatable bonds is 4. The predicted molar refractivity (Wildman–Crippen MR) is 96.1 cm³/mol. The van der Waals surface area contributed by atoms with Gasteiger partial charge in [-0.05, 0) is 54.9 Å². The average molecular weight is 340 g/mol. The Hall–Kier alpha value is -2.14. The number of imidazole rings is 1. The van der Waals surface area contributed by atoms with Gasteiger partial charge in [0.15, 0.2) is 10.7 Å². The molecule has 4 nitrogen and oxygen atoms in total. The van der Waals surface area contributed by atoms with E-state index < -0.39 is 5.97 Å². The molecule has 2 aromatic heterocycles. The first-order chi connectivity index (χ1) is 11.7. The fourth-order valence-corrected chi connectivity index (χ4v) is 4.54. The summed E-state index contributed by atoms with van der Waals surface area (Å²) in [5.41, 5.74) is 5.88. The largest absolute Gasteiger partial charge is 0.477 e. The van der Waals surface area contributed by atoms with Crippen LogP contribution in [0, 0.1) is 0 Å². The first-order valence-electron chi connectivity index (χ1n) is 8.53. The van der Waals surface area contributed by atoms with Crippen molar-refractivity contribution in [3.8, 4) is 11.3 Å². The predicted octanol–water partition coefficient (Wildman–Crippen LogP) is 4.59. The average Bonchev–Trinajstić information content (AvgIpc) is 3.13. The maximum absolute atomic E-state index is 11.8. The molecule has 2 heterocycles. The Morgan fingerprint density at radius 2 is 2.08 bits per heavy atom. The van der Waals surface area contributed by atoms with Gasteiger partial charge in [0.1, 0.15) is 0 Å². The lowest BCUT2D eigenvalue weighted by Crippen LogP contribution is -2.07. The molecular formula is C19H20N2O2S. The molecule has 0 saturated heterocycles. The van der Waals surface area contributed by atoms with E-state index in [1.165, 1.54) is 35.3 Å². The Labute approximate surface area is 144 Å². The van der Waals surface area contributed by atoms with Crippen LogP contribution in [-0.2, 0) is 19.3 Å². The SMILES string of the molecule is CCCc1nc2scc(-c3ccc4c(c3)CCCC4)n2c1C(=O)O. The van der Waals surface area contributed by atoms with Crippen LogP contribution >= 0.6 is 11.3 Å². The van der Waals surface area contributed by atoms with E-state index in [-0.39, 0.29) is 0 Å². The molecule has 0 radical (unpaired) electrons. The quantitative estimate of drug-likeness (QED) is 0.755. The fraction of sp³-hybridized carbons (Fsp3) is 0.368. The van der Waals surface area contributed by atoms with Crippen molar-refractivity contribution in [3.63, 3.8) is 0 Å². The number of benzene rings is 1. The first-order valence-corrected chi connectivity index (χ1v) is 9.41. The first kappa shape index (κ1) is 15.4. The van der Waals surface area contributed by atoms with Gasteiger partial charge in [-0.3, -0.25) is 4.40 Å². The van der Waals surface area contributed by atoms with Gasteiger partial charge in [-0.2, -0.15) is 0 Å². The van der Waals surface area contributed by atoms with Crippen LogP contribution in [0.25, 0.3) is 16.2 Å². The summed E-state index contributed by atoms with van der Waals surface area (Å²) < 4.78 is 1.82. The Morgan fingerprint density at radius 3 is 2.83 bits per heavy atom. The van der Waals surface area contributed by atoms with Gasteiger partial charge in [0.2, 0.25) is 0 Å². The summed E-state index contributed by atoms with van der Waals surface area (Å²) in [6.45, 7) is 2.05. The summed E-state index contributed by atoms with van der Waals surface area (Å²) in [5.74, 6) is -0.899. The molecule has 0 unspecified atom stereocenters. The van der Waals surface area contributed by atoms with Gasteiger partial charge >= 0.3 is 5.97 Å². The minimum Gasteiger partial charge on any atom is -0.477 e. The number of carboxylic acids is 1. The van der Waals surface area contributed by atoms with Crippen molar-refractivity contribution >= 4 is 22.3 Å². The van der Waals surface area contributed by atoms with E-state index >= 15 is 0 Å². The Bertz CT molecular complexity index is 923. The minimum atomic E-state index is -0.899. The van der Waals surface area contributed by atoms with Crippen LogP contribution < -0.4 is 0 Å². The molecule has 0 bridgehead atoms. The van der Waals surface area contributed by atoms with Gasteiger partial charge in [-0.1, -0.05) is 25.5 Å². The van der Waals surface area contributed by atoms with E-state index in [1.807, 2.05) is 16.7 Å². The van der Waals surface area contributed by atoms with Crippen molar-refractivity contribution in [2.24, 2.45) is 0 Å². The maximum Gasteiger partial charge on any atom is 0.354 e. The molecule has 0 atom stereocenters. The molecule has 0 saturated carbocycles. The number of carboxylic acid groups (broad SMARTS) is 1. The maximum atomic E-state index is 11.8. The van der Waals surface area contributed by atoms with E-state index in [9.17, 15) is 9.90 Å². The molecule has 0 fully saturated rings. The zero-order valence-electron chi connectivity index (χ0n) is 13.7. The van der Waals surface area contributed by atoms with Crippen LogP contribution in [0.15, 0.2) is 23.6 Å². The summed E-state index contributed by atoms with van der Waals surface area (Å²) in [6, 6.07) is 6.57. The highest BCUT2D eigenvalue weighted by Gasteiger charge is 2.22. The number of aromatic carboxylic acids is 1. The molecule has 124 valence electrons. The zero-order valence-corrected chi connectivity index (χ0v) is 14.5. The number of aromatic nitrogens is 2. The van der Waals surface area contributed by atoms with Crippen LogP contribution in [0.4, 0.5) is 0 Å². The van der Waals surface area contributed by atoms with Crippen LogP contribution in [-0.4, -0.2) is 20.5 Å². The summed E-state index contributed by atoms with van der Waals surface area (Å²) in [5, 5.41) is 11.7. The van der Waals surface area contributed by atoms with Gasteiger partial charge in [0, 0.05) is 5.38 Å². The second kappa shape index (κ2) is 6.06. The van der Waals surface area contributed by atoms with Gasteiger partial charge in [-0.15, -0.1) is 11.3 Å². The summed E-state index contributed by atoms with van der Waals surface area (Å²) in [6.07, 6.45) is 6.36. The third-order valence-corrected chi connectivity index (χ3v) is 5.60. The molecule has 3 aromatic rings. The van der Waals surface area contributed by atoms with E-state index in [4.69, 9.17) is 0 Å². The van der Waals surface area contributed by atoms with E-state index in [0.717, 1.165) is 35.5 Å². The Kier molecular flexibility index (Phi) is 3.88. The van der Waals surface area contributed by atoms with Crippen molar-refractivity contribution in [2.45, 2.75) is 45.4 Å². The highest BCUT2D eigenvalue weighted by Crippen LogP contribution is 2.32. The Morgan fingerprint density at radius 1 is 1.29 bits per heavy atom. The third-order valence-electron chi connectivity index (χ3n) is 4.77. The van der Waals surface area contributed by atoms with Crippen LogP contribution in [0.5, 0.6) is 0 Å². The van der Waals surface area contributed by atoms with E-state index in [0.29, 0.717) is 17.8 Å². The zero-order chi connectivity index (χ0) is 16.7. The standard InChI is InChI=1S/C19H20N2O2S/c1-2-5-15-17(18(22)23)21-16(11-24-19(21)20-15)14-9-8-12-6-3-4-7-13(12)10-14/h8-11H,2-7H2,1H3,(H,22,23). The minimum absolute atomic E-state index is 0.320. The van der Waals surface area contributed by atoms with Crippen LogP contribution in [0.1, 0.15) is 53.5 Å². The Balaban J connectivity index is 1.89. The summed E-state index contributed by atoms with van der Waals surface area (Å²) >= 11 is 1.51. The highest BCUT2D eigenvalue weighted by atomic mass is 32.1. The lowest BCUT2D eigenvalue weighted by Gasteiger charge is -2.16. The lowest BCUT2D eigenvalue weighted by molar-refractivity contribution is 0.0688. The van der Waals surface area contributed by atoms with Crippen molar-refractivity contribution < 1.29 is 9.90 Å². The molecule has 0 amide bonds. The summed E-state index contributed by atoms with van der Waals surface area (Å²) in [4.78, 5) is 17.2. The van der Waals surface area contributed by atoms with Gasteiger partial charge in [0.05, 0.1) is 11.4 Å². The van der Waals surface area contributed by atoms with Crippen LogP contribution in [0.3, 0.4) is 0 Å². The number of aryl methyl sites for hydroxylation is 3. The second-order valence-corrected chi connectivity index (χ2v) is 7.23. The third kappa shape index (κ3) is 2.44. The molecule has 4 rings (SSSR count). The van der Waals surface area contributed by atoms with Crippen molar-refractivity contribution in [2.75, 3.05) is 0 Å². The molecule has 1 aliphatic carbocycles. The van der Waals surface area contributed by atoms with E-state index in [1.54, 1.807) is 0 Å². The van der Waals surface area contributed by atoms with Crippen molar-refractivity contribution in [1.29, 1.82) is 0 Å². The number of nitrogens with zero attached hydrogens (tertiary/aromatic N) is 2. The topological polar surface area (TPSA) is 54.6 Å². The smallest absolute Gasteiger partial charge is 0.354 e. The van der Waals surface area contributed by atoms with Crippen molar-refractivity contribution in [1.82, 2.24) is 9.38 Å². The fourth-order valence-electron chi connectivity index (χ4n) is 3.63. The van der Waals surface area contributed by atoms with Gasteiger partial charge < -0.3 is 5.11 Å². The number of thiazole rings is 1. The molecular weight excluding hydrogens is 320 g/mol. The second-order valence-electron chi connectivity index (χ2n) is 6.39. The number of carbonyl (C=O) groups is 1. The molecule has 1 aromatic carbocycles. The van der Waals surface area contributed by atoms with Gasteiger partial charge in [0.25, 0.3) is 0 Å². The lowest BCUT2D eigenvalue weighted by atomic mass is 9.90. The van der Waals surface area contributed by atoms with Crippen LogP contribution in [0.2, 0.25) is 0 Å². The summed E-state index contributed by atoms with van der Waals surface area (Å²) in [7, 11) is 0. The monoisotopic (exact) mass is 340 g/mol. The highest BCUT2D eigenvalue weighted by molar-refractivity contribution is 7.15.